The number of non-ortho nitro benzene ring substituents is 2. The Morgan fingerprint density at radius 2 is 0.916 bits per heavy atom. The van der Waals surface area contributed by atoms with Gasteiger partial charge in [0.25, 0.3) is 11.4 Å². The van der Waals surface area contributed by atoms with Gasteiger partial charge in [0.15, 0.2) is 31.9 Å². The fourth-order valence-electron chi connectivity index (χ4n) is 9.48. The number of phosphoric ester groups is 2. The van der Waals surface area contributed by atoms with Gasteiger partial charge in [0.2, 0.25) is 0 Å². The van der Waals surface area contributed by atoms with Crippen LogP contribution in [0.15, 0.2) is 119 Å². The molecule has 0 saturated carbocycles. The first-order valence-corrected chi connectivity index (χ1v) is 31.7. The molecule has 6 rings (SSSR count). The molecule has 6 N–H and O–H groups in total. The molecular formula is C50H66CaN6O22P2S2. The average molecular weight is 1270 g/mol. The van der Waals surface area contributed by atoms with Crippen LogP contribution in [0.25, 0.3) is 0 Å². The van der Waals surface area contributed by atoms with Crippen molar-refractivity contribution in [2.45, 2.75) is 98.0 Å². The van der Waals surface area contributed by atoms with Crippen molar-refractivity contribution in [2.24, 2.45) is 23.7 Å². The number of carbonyl (C=O) groups is 2. The third-order valence-corrected chi connectivity index (χ3v) is 18.9. The molecule has 0 aliphatic carbocycles. The SMILES string of the molecule is CC(C)CNN(C(=O)[O-])[C@@H](Cc1ccccc1)[C@@H](OP(=O)(O)O)[C@H](C1CCOC1)S(=O)(=O)c1ccc([N+](=O)[O-])cc1.CC(C)CNN(C(=O)[O-])[C@@H](Cc1ccccc1)[C@@H](OP(=O)(O)O)[C@H](C1CCOC1)S(=O)(=O)c1ccc([N+](=O)[O-])cc1.[Ca+2]. The molecule has 2 fully saturated rings. The van der Waals surface area contributed by atoms with Crippen LogP contribution >= 0.6 is 15.6 Å². The van der Waals surface area contributed by atoms with E-state index in [1.807, 2.05) is 0 Å². The van der Waals surface area contributed by atoms with Gasteiger partial charge in [-0.3, -0.25) is 39.3 Å². The van der Waals surface area contributed by atoms with Crippen LogP contribution < -0.4 is 21.1 Å². The summed E-state index contributed by atoms with van der Waals surface area (Å²) >= 11 is 0. The van der Waals surface area contributed by atoms with Crippen molar-refractivity contribution < 1.29 is 93.7 Å². The summed E-state index contributed by atoms with van der Waals surface area (Å²) in [6, 6.07) is 21.7. The van der Waals surface area contributed by atoms with E-state index in [1.165, 1.54) is 0 Å². The summed E-state index contributed by atoms with van der Waals surface area (Å²) < 4.78 is 103. The second kappa shape index (κ2) is 31.7. The molecule has 0 aromatic heterocycles. The van der Waals surface area contributed by atoms with E-state index in [0.29, 0.717) is 21.1 Å². The quantitative estimate of drug-likeness (QED) is 0.0206. The number of sulfone groups is 2. The zero-order valence-corrected chi connectivity index (χ0v) is 51.2. The van der Waals surface area contributed by atoms with Gasteiger partial charge in [-0.15, -0.1) is 0 Å². The number of ether oxygens (including phenoxy) is 2. The third-order valence-electron chi connectivity index (χ3n) is 13.2. The average Bonchev–Trinajstić information content (AvgIpc) is 2.91. The van der Waals surface area contributed by atoms with Crippen molar-refractivity contribution in [2.75, 3.05) is 39.5 Å². The molecule has 83 heavy (non-hydrogen) atoms. The molecule has 8 atom stereocenters. The minimum absolute atomic E-state index is 0. The molecule has 33 heteroatoms. The zero-order chi connectivity index (χ0) is 60.7. The number of hydrogen-bond donors (Lipinski definition) is 6. The number of nitrogens with zero attached hydrogens (tertiary/aromatic N) is 4. The largest absolute Gasteiger partial charge is 2.00 e. The topological polar surface area (TPSA) is 417 Å². The van der Waals surface area contributed by atoms with E-state index in [-0.39, 0.29) is 136 Å². The molecule has 2 aliphatic rings. The second-order valence-corrected chi connectivity index (χ2v) is 26.8. The van der Waals surface area contributed by atoms with E-state index in [0.717, 1.165) is 48.5 Å². The molecule has 4 aromatic carbocycles. The van der Waals surface area contributed by atoms with Gasteiger partial charge in [-0.25, -0.2) is 36.8 Å². The van der Waals surface area contributed by atoms with E-state index < -0.39 is 104 Å². The minimum atomic E-state index is -5.43. The maximum Gasteiger partial charge on any atom is 2.00 e. The molecular weight excluding hydrogens is 1200 g/mol. The van der Waals surface area contributed by atoms with Gasteiger partial charge < -0.3 is 48.8 Å². The number of nitro groups is 2. The Morgan fingerprint density at radius 3 is 1.16 bits per heavy atom. The summed E-state index contributed by atoms with van der Waals surface area (Å²) in [6.07, 6.45) is -7.46. The maximum atomic E-state index is 14.2. The number of hydrazine groups is 2. The van der Waals surface area contributed by atoms with E-state index in [1.54, 1.807) is 88.4 Å². The van der Waals surface area contributed by atoms with E-state index >= 15 is 0 Å². The second-order valence-electron chi connectivity index (χ2n) is 20.2. The Bertz CT molecular complexity index is 2880. The number of nitro benzene ring substituents is 2. The van der Waals surface area contributed by atoms with Crippen LogP contribution in [0.1, 0.15) is 51.7 Å². The standard InChI is InChI=1S/2C25H34N3O11PS.Ca/c2*1-17(2)15-26-27(25(29)30)22(14-18-6-4-3-5-7-18)23(39-40(33,34)35)24(19-12-13-38-16-19)41(36,37)21-10-8-20(9-11-21)28(31)32;/h2*3-11,17,19,22-24,26H,12-16H2,1-2H3,(H,29,30)(H2,33,34,35);/q;;+2/p-2/t2*19?,22-,23+,24-;/m00./s1. The van der Waals surface area contributed by atoms with Crippen molar-refractivity contribution in [3.05, 3.63) is 141 Å². The molecule has 2 aliphatic heterocycles. The number of phosphoric acid groups is 2. The molecule has 2 amide bonds. The van der Waals surface area contributed by atoms with Crippen molar-refractivity contribution >= 4 is 96.6 Å². The maximum absolute atomic E-state index is 14.2. The van der Waals surface area contributed by atoms with Crippen molar-refractivity contribution in [3.8, 4) is 0 Å². The van der Waals surface area contributed by atoms with Gasteiger partial charge in [-0.1, -0.05) is 88.4 Å². The molecule has 2 unspecified atom stereocenters. The Balaban J connectivity index is 0.000000352. The number of nitrogens with one attached hydrogen (secondary N) is 2. The minimum Gasteiger partial charge on any atom is -0.529 e. The summed E-state index contributed by atoms with van der Waals surface area (Å²) in [5.41, 5.74) is 5.73. The predicted molar refractivity (Wildman–Crippen MR) is 294 cm³/mol. The third kappa shape index (κ3) is 20.8. The Hall–Kier alpha value is -4.56. The first-order valence-electron chi connectivity index (χ1n) is 25.6. The van der Waals surface area contributed by atoms with Crippen LogP contribution in [-0.2, 0) is 60.2 Å². The van der Waals surface area contributed by atoms with Crippen molar-refractivity contribution in [1.29, 1.82) is 0 Å². The molecule has 4 aromatic rings. The first-order chi connectivity index (χ1) is 38.4. The first kappa shape index (κ1) is 70.9. The molecule has 2 saturated heterocycles. The Kier molecular flexibility index (Phi) is 27.1. The number of carbonyl (C=O) groups excluding carboxylic acids is 2. The normalized spacial score (nSPS) is 17.9. The van der Waals surface area contributed by atoms with Crippen molar-refractivity contribution in [3.63, 3.8) is 0 Å². The van der Waals surface area contributed by atoms with E-state index in [2.05, 4.69) is 10.9 Å². The molecule has 28 nitrogen and oxygen atoms in total. The number of rotatable bonds is 28. The smallest absolute Gasteiger partial charge is 0.529 e. The summed E-state index contributed by atoms with van der Waals surface area (Å²) in [6.45, 7) is 7.49. The Morgan fingerprint density at radius 1 is 0.602 bits per heavy atom. The van der Waals surface area contributed by atoms with Crippen LogP contribution in [0.2, 0.25) is 0 Å². The van der Waals surface area contributed by atoms with E-state index in [4.69, 9.17) is 18.5 Å². The van der Waals surface area contributed by atoms with Gasteiger partial charge >= 0.3 is 53.4 Å². The monoisotopic (exact) mass is 1270 g/mol. The molecule has 0 radical (unpaired) electrons. The number of benzene rings is 4. The van der Waals surface area contributed by atoms with Gasteiger partial charge in [0, 0.05) is 62.4 Å². The molecule has 452 valence electrons. The van der Waals surface area contributed by atoms with Crippen LogP contribution in [0, 0.1) is 43.9 Å². The van der Waals surface area contributed by atoms with Crippen LogP contribution in [-0.4, -0.2) is 181 Å². The number of amides is 2. The molecule has 0 bridgehead atoms. The summed E-state index contributed by atoms with van der Waals surface area (Å²) in [4.78, 5) is 84.8. The van der Waals surface area contributed by atoms with E-state index in [9.17, 15) is 85.6 Å². The summed E-state index contributed by atoms with van der Waals surface area (Å²) in [7, 11) is -20.0. The van der Waals surface area contributed by atoms with Crippen LogP contribution in [0.5, 0.6) is 0 Å². The summed E-state index contributed by atoms with van der Waals surface area (Å²) in [5.74, 6) is -1.87. The number of carboxylic acid groups (broad SMARTS) is 2. The molecule has 0 spiro atoms. The fourth-order valence-corrected chi connectivity index (χ4v) is 15.1. The van der Waals surface area contributed by atoms with Gasteiger partial charge in [-0.05, 0) is 72.9 Å². The van der Waals surface area contributed by atoms with Crippen molar-refractivity contribution in [1.82, 2.24) is 20.9 Å². The Labute approximate surface area is 509 Å². The predicted octanol–water partition coefficient (Wildman–Crippen LogP) is 2.96. The molecule has 2 heterocycles. The summed E-state index contributed by atoms with van der Waals surface area (Å²) in [5, 5.41) is 45.0. The van der Waals surface area contributed by atoms with Gasteiger partial charge in [0.1, 0.15) is 12.2 Å². The zero-order valence-electron chi connectivity index (χ0n) is 45.6. The van der Waals surface area contributed by atoms with Crippen LogP contribution in [0.4, 0.5) is 21.0 Å². The van der Waals surface area contributed by atoms with Gasteiger partial charge in [-0.2, -0.15) is 0 Å². The van der Waals surface area contributed by atoms with Gasteiger partial charge in [0.05, 0.1) is 55.4 Å². The number of hydrogen-bond acceptors (Lipinski definition) is 20. The fraction of sp³-hybridized carbons (Fsp3) is 0.480. The van der Waals surface area contributed by atoms with Crippen LogP contribution in [0.3, 0.4) is 0 Å².